The average molecular weight is 518 g/mol. The van der Waals surface area contributed by atoms with Crippen LogP contribution < -0.4 is 9.47 Å². The number of carbonyl (C=O) groups is 1. The van der Waals surface area contributed by atoms with Crippen molar-refractivity contribution < 1.29 is 14.3 Å². The van der Waals surface area contributed by atoms with Crippen LogP contribution in [0.25, 0.3) is 6.08 Å². The molecule has 1 aliphatic rings. The molecule has 4 nitrogen and oxygen atoms in total. The maximum absolute atomic E-state index is 13.0. The van der Waals surface area contributed by atoms with Crippen molar-refractivity contribution in [1.29, 1.82) is 0 Å². The quantitative estimate of drug-likeness (QED) is 0.150. The van der Waals surface area contributed by atoms with Crippen LogP contribution in [0.1, 0.15) is 49.3 Å². The van der Waals surface area contributed by atoms with Gasteiger partial charge in [0, 0.05) is 12.0 Å². The lowest BCUT2D eigenvalue weighted by Crippen LogP contribution is -2.27. The van der Waals surface area contributed by atoms with Gasteiger partial charge in [0.2, 0.25) is 0 Å². The van der Waals surface area contributed by atoms with E-state index in [1.807, 2.05) is 72.8 Å². The van der Waals surface area contributed by atoms with Crippen LogP contribution >= 0.6 is 24.0 Å². The van der Waals surface area contributed by atoms with Crippen LogP contribution in [0.2, 0.25) is 0 Å². The highest BCUT2D eigenvalue weighted by Gasteiger charge is 2.32. The summed E-state index contributed by atoms with van der Waals surface area (Å²) in [5.41, 5.74) is 3.24. The molecule has 1 heterocycles. The number of benzene rings is 3. The molecule has 4 rings (SSSR count). The molecule has 36 heavy (non-hydrogen) atoms. The van der Waals surface area contributed by atoms with Gasteiger partial charge in [-0.15, -0.1) is 0 Å². The van der Waals surface area contributed by atoms with Crippen molar-refractivity contribution in [2.24, 2.45) is 0 Å². The summed E-state index contributed by atoms with van der Waals surface area (Å²) in [5, 5.41) is 0. The lowest BCUT2D eigenvalue weighted by Gasteiger charge is -2.14. The van der Waals surface area contributed by atoms with E-state index >= 15 is 0 Å². The number of hydrogen-bond donors (Lipinski definition) is 0. The number of hydrogen-bond acceptors (Lipinski definition) is 5. The minimum atomic E-state index is -0.0728. The first-order valence-corrected chi connectivity index (χ1v) is 13.5. The first-order chi connectivity index (χ1) is 17.5. The van der Waals surface area contributed by atoms with Crippen LogP contribution in [0.3, 0.4) is 0 Å². The van der Waals surface area contributed by atoms with Crippen molar-refractivity contribution in [2.45, 2.75) is 39.2 Å². The van der Waals surface area contributed by atoms with Gasteiger partial charge in [-0.2, -0.15) is 0 Å². The van der Waals surface area contributed by atoms with Crippen molar-refractivity contribution in [3.63, 3.8) is 0 Å². The minimum Gasteiger partial charge on any atom is -0.493 e. The van der Waals surface area contributed by atoms with Gasteiger partial charge in [0.1, 0.15) is 15.8 Å². The van der Waals surface area contributed by atoms with Crippen molar-refractivity contribution in [3.8, 4) is 11.5 Å². The molecule has 0 unspecified atom stereocenters. The largest absolute Gasteiger partial charge is 0.493 e. The number of rotatable bonds is 11. The van der Waals surface area contributed by atoms with Crippen molar-refractivity contribution in [1.82, 2.24) is 4.90 Å². The van der Waals surface area contributed by atoms with Crippen LogP contribution in [0.4, 0.5) is 0 Å². The fourth-order valence-electron chi connectivity index (χ4n) is 3.83. The monoisotopic (exact) mass is 517 g/mol. The molecule has 1 aliphatic heterocycles. The fraction of sp³-hybridized carbons (Fsp3) is 0.267. The second-order valence-corrected chi connectivity index (χ2v) is 10.4. The van der Waals surface area contributed by atoms with Crippen LogP contribution in [-0.2, 0) is 11.3 Å². The van der Waals surface area contributed by atoms with E-state index in [4.69, 9.17) is 21.7 Å². The predicted octanol–water partition coefficient (Wildman–Crippen LogP) is 7.45. The molecule has 0 aromatic heterocycles. The molecule has 0 N–H and O–H groups in total. The molecule has 3 aromatic rings. The smallest absolute Gasteiger partial charge is 0.266 e. The zero-order valence-electron chi connectivity index (χ0n) is 20.7. The van der Waals surface area contributed by atoms with Crippen LogP contribution in [0, 0.1) is 0 Å². The Hall–Kier alpha value is -3.09. The molecule has 1 fully saturated rings. The third kappa shape index (κ3) is 6.77. The van der Waals surface area contributed by atoms with Gasteiger partial charge in [0.05, 0.1) is 24.7 Å². The maximum Gasteiger partial charge on any atom is 0.266 e. The van der Waals surface area contributed by atoms with E-state index in [1.54, 1.807) is 4.90 Å². The highest BCUT2D eigenvalue weighted by Crippen LogP contribution is 2.35. The summed E-state index contributed by atoms with van der Waals surface area (Å²) in [6.07, 6.45) is 3.75. The van der Waals surface area contributed by atoms with E-state index in [-0.39, 0.29) is 5.91 Å². The van der Waals surface area contributed by atoms with E-state index in [1.165, 1.54) is 17.3 Å². The third-order valence-corrected chi connectivity index (χ3v) is 7.52. The predicted molar refractivity (Wildman–Crippen MR) is 152 cm³/mol. The van der Waals surface area contributed by atoms with Gasteiger partial charge < -0.3 is 9.47 Å². The average Bonchev–Trinajstić information content (AvgIpc) is 3.17. The molecule has 6 heteroatoms. The Labute approximate surface area is 223 Å². The van der Waals surface area contributed by atoms with Crippen LogP contribution in [-0.4, -0.2) is 28.3 Å². The summed E-state index contributed by atoms with van der Waals surface area (Å²) in [7, 11) is 0. The molecule has 0 saturated carbocycles. The SMILES string of the molecule is CC[C@@H](C)c1ccc(OCCCOc2ccccc2/C=C2\SC(=S)N(Cc3ccccc3)C2=O)cc1. The second-order valence-electron chi connectivity index (χ2n) is 8.72. The van der Waals surface area contributed by atoms with Gasteiger partial charge in [-0.1, -0.05) is 98.5 Å². The third-order valence-electron chi connectivity index (χ3n) is 6.14. The summed E-state index contributed by atoms with van der Waals surface area (Å²) < 4.78 is 12.5. The van der Waals surface area contributed by atoms with E-state index in [2.05, 4.69) is 26.0 Å². The van der Waals surface area contributed by atoms with Gasteiger partial charge in [0.15, 0.2) is 0 Å². The Morgan fingerprint density at radius 2 is 1.64 bits per heavy atom. The van der Waals surface area contributed by atoms with Crippen LogP contribution in [0.15, 0.2) is 83.8 Å². The van der Waals surface area contributed by atoms with Gasteiger partial charge in [0.25, 0.3) is 5.91 Å². The lowest BCUT2D eigenvalue weighted by molar-refractivity contribution is -0.122. The molecule has 186 valence electrons. The van der Waals surface area contributed by atoms with Gasteiger partial charge in [-0.25, -0.2) is 0 Å². The molecule has 1 atom stereocenters. The van der Waals surface area contributed by atoms with Gasteiger partial charge in [-0.05, 0) is 47.7 Å². The zero-order valence-corrected chi connectivity index (χ0v) is 22.3. The molecule has 0 aliphatic carbocycles. The van der Waals surface area contributed by atoms with E-state index in [0.29, 0.717) is 34.9 Å². The number of thiocarbonyl (C=S) groups is 1. The fourth-order valence-corrected chi connectivity index (χ4v) is 5.08. The Bertz CT molecular complexity index is 1210. The number of ether oxygens (including phenoxy) is 2. The molecule has 1 saturated heterocycles. The van der Waals surface area contributed by atoms with Gasteiger partial charge in [-0.3, -0.25) is 9.69 Å². The summed E-state index contributed by atoms with van der Waals surface area (Å²) in [6, 6.07) is 26.0. The number of para-hydroxylation sites is 1. The minimum absolute atomic E-state index is 0.0728. The maximum atomic E-state index is 13.0. The number of nitrogens with zero attached hydrogens (tertiary/aromatic N) is 1. The second kappa shape index (κ2) is 12.7. The summed E-state index contributed by atoms with van der Waals surface area (Å²) in [5.74, 6) is 2.10. The molecule has 0 spiro atoms. The molecule has 0 bridgehead atoms. The van der Waals surface area contributed by atoms with Crippen molar-refractivity contribution in [3.05, 3.63) is 100 Å². The molecule has 3 aromatic carbocycles. The number of amides is 1. The zero-order chi connectivity index (χ0) is 25.3. The molecular formula is C30H31NO3S2. The highest BCUT2D eigenvalue weighted by atomic mass is 32.2. The summed E-state index contributed by atoms with van der Waals surface area (Å²) in [4.78, 5) is 15.3. The van der Waals surface area contributed by atoms with Gasteiger partial charge >= 0.3 is 0 Å². The Kier molecular flexibility index (Phi) is 9.20. The summed E-state index contributed by atoms with van der Waals surface area (Å²) in [6.45, 7) is 6.00. The highest BCUT2D eigenvalue weighted by molar-refractivity contribution is 8.26. The lowest BCUT2D eigenvalue weighted by atomic mass is 9.99. The summed E-state index contributed by atoms with van der Waals surface area (Å²) >= 11 is 6.82. The number of carbonyl (C=O) groups excluding carboxylic acids is 1. The Morgan fingerprint density at radius 3 is 2.39 bits per heavy atom. The molecule has 0 radical (unpaired) electrons. The number of thioether (sulfide) groups is 1. The molecule has 1 amide bonds. The normalized spacial score (nSPS) is 15.4. The van der Waals surface area contributed by atoms with E-state index in [0.717, 1.165) is 35.5 Å². The van der Waals surface area contributed by atoms with E-state index in [9.17, 15) is 4.79 Å². The van der Waals surface area contributed by atoms with Crippen molar-refractivity contribution >= 4 is 40.3 Å². The Balaban J connectivity index is 1.31. The van der Waals surface area contributed by atoms with Crippen LogP contribution in [0.5, 0.6) is 11.5 Å². The first kappa shape index (κ1) is 26.0. The van der Waals surface area contributed by atoms with E-state index < -0.39 is 0 Å². The standard InChI is InChI=1S/C30H31NO3S2/c1-3-22(2)24-14-16-26(17-15-24)33-18-9-19-34-27-13-8-7-12-25(27)20-28-29(32)31(30(35)36-28)21-23-10-5-4-6-11-23/h4-8,10-17,20,22H,3,9,18-19,21H2,1-2H3/b28-20-/t22-/m1/s1. The topological polar surface area (TPSA) is 38.8 Å². The van der Waals surface area contributed by atoms with Crippen molar-refractivity contribution in [2.75, 3.05) is 13.2 Å². The first-order valence-electron chi connectivity index (χ1n) is 12.3. The Morgan fingerprint density at radius 1 is 0.944 bits per heavy atom. The molecular weight excluding hydrogens is 486 g/mol.